The van der Waals surface area contributed by atoms with Gasteiger partial charge in [-0.1, -0.05) is 13.8 Å². The van der Waals surface area contributed by atoms with Gasteiger partial charge in [0, 0.05) is 12.2 Å². The SMILES string of the molecule is CC(C)CC(N)C(=O)NC(CS)C(=O)NC(CC(=O)O)C(=O)NC(CCC(N)=O)C(=O)O. The van der Waals surface area contributed by atoms with Crippen LogP contribution in [0.5, 0.6) is 0 Å². The zero-order valence-corrected chi connectivity index (χ0v) is 18.8. The first-order valence-corrected chi connectivity index (χ1v) is 10.4. The van der Waals surface area contributed by atoms with E-state index in [0.29, 0.717) is 6.42 Å². The summed E-state index contributed by atoms with van der Waals surface area (Å²) >= 11 is 3.99. The number of carboxylic acids is 2. The summed E-state index contributed by atoms with van der Waals surface area (Å²) in [6, 6.07) is -5.29. The number of carbonyl (C=O) groups is 6. The molecule has 0 saturated carbocycles. The third-order valence-electron chi connectivity index (χ3n) is 4.18. The Kier molecular flexibility index (Phi) is 13.0. The van der Waals surface area contributed by atoms with Crippen LogP contribution in [0.3, 0.4) is 0 Å². The smallest absolute Gasteiger partial charge is 0.326 e. The minimum Gasteiger partial charge on any atom is -0.481 e. The van der Waals surface area contributed by atoms with Crippen LogP contribution in [0.2, 0.25) is 0 Å². The minimum atomic E-state index is -1.65. The number of nitrogens with two attached hydrogens (primary N) is 2. The van der Waals surface area contributed by atoms with Crippen molar-refractivity contribution in [2.45, 2.75) is 63.7 Å². The quantitative estimate of drug-likeness (QED) is 0.117. The lowest BCUT2D eigenvalue weighted by atomic mass is 10.0. The normalized spacial score (nSPS) is 14.5. The molecule has 0 aromatic heterocycles. The minimum absolute atomic E-state index is 0.124. The van der Waals surface area contributed by atoms with E-state index in [1.54, 1.807) is 0 Å². The van der Waals surface area contributed by atoms with E-state index in [-0.39, 0.29) is 24.5 Å². The first-order chi connectivity index (χ1) is 14.8. The Balaban J connectivity index is 5.28. The monoisotopic (exact) mass is 477 g/mol. The molecule has 4 atom stereocenters. The standard InChI is InChI=1S/C18H31N5O8S/c1-8(2)5-9(19)15(27)23-12(7-32)17(29)22-11(6-14(25)26)16(28)21-10(18(30)31)3-4-13(20)24/h8-12,32H,3-7,19H2,1-2H3,(H2,20,24)(H,21,28)(H,22,29)(H,23,27)(H,25,26)(H,30,31). The van der Waals surface area contributed by atoms with Gasteiger partial charge in [0.1, 0.15) is 18.1 Å². The zero-order valence-electron chi connectivity index (χ0n) is 17.9. The number of nitrogens with one attached hydrogen (secondary N) is 3. The van der Waals surface area contributed by atoms with Gasteiger partial charge in [-0.15, -0.1) is 0 Å². The summed E-state index contributed by atoms with van der Waals surface area (Å²) in [6.45, 7) is 3.72. The second-order valence-corrected chi connectivity index (χ2v) is 7.91. The predicted octanol–water partition coefficient (Wildman–Crippen LogP) is -2.43. The largest absolute Gasteiger partial charge is 0.481 e. The number of hydrogen-bond donors (Lipinski definition) is 8. The van der Waals surface area contributed by atoms with E-state index in [9.17, 15) is 33.9 Å². The van der Waals surface area contributed by atoms with Crippen LogP contribution < -0.4 is 27.4 Å². The van der Waals surface area contributed by atoms with Crippen molar-refractivity contribution in [3.05, 3.63) is 0 Å². The summed E-state index contributed by atoms with van der Waals surface area (Å²) in [7, 11) is 0. The average Bonchev–Trinajstić information content (AvgIpc) is 2.66. The van der Waals surface area contributed by atoms with Crippen molar-refractivity contribution in [1.82, 2.24) is 16.0 Å². The Labute approximate surface area is 190 Å². The third kappa shape index (κ3) is 11.5. The summed E-state index contributed by atoms with van der Waals surface area (Å²) in [5.74, 6) is -6.38. The van der Waals surface area contributed by atoms with Crippen LogP contribution in [0.1, 0.15) is 39.5 Å². The van der Waals surface area contributed by atoms with Gasteiger partial charge in [0.05, 0.1) is 12.5 Å². The third-order valence-corrected chi connectivity index (χ3v) is 4.55. The molecule has 9 N–H and O–H groups in total. The number of primary amides is 1. The maximum atomic E-state index is 12.5. The van der Waals surface area contributed by atoms with E-state index < -0.39 is 66.2 Å². The topological polar surface area (TPSA) is 231 Å². The molecule has 0 rings (SSSR count). The van der Waals surface area contributed by atoms with Crippen molar-refractivity contribution >= 4 is 48.2 Å². The summed E-state index contributed by atoms with van der Waals surface area (Å²) in [5, 5.41) is 24.9. The molecule has 0 aliphatic carbocycles. The summed E-state index contributed by atoms with van der Waals surface area (Å²) in [6.07, 6.45) is -1.16. The van der Waals surface area contributed by atoms with Crippen LogP contribution in [0.4, 0.5) is 0 Å². The highest BCUT2D eigenvalue weighted by Crippen LogP contribution is 2.04. The van der Waals surface area contributed by atoms with Gasteiger partial charge >= 0.3 is 11.9 Å². The number of aliphatic carboxylic acids is 2. The van der Waals surface area contributed by atoms with Crippen molar-refractivity contribution in [1.29, 1.82) is 0 Å². The lowest BCUT2D eigenvalue weighted by Gasteiger charge is -2.24. The molecule has 0 aliphatic heterocycles. The molecular weight excluding hydrogens is 446 g/mol. The van der Waals surface area contributed by atoms with E-state index >= 15 is 0 Å². The van der Waals surface area contributed by atoms with Gasteiger partial charge in [0.25, 0.3) is 0 Å². The molecule has 0 saturated heterocycles. The average molecular weight is 478 g/mol. The van der Waals surface area contributed by atoms with Gasteiger partial charge in [-0.3, -0.25) is 24.0 Å². The fraction of sp³-hybridized carbons (Fsp3) is 0.667. The number of rotatable bonds is 15. The van der Waals surface area contributed by atoms with Crippen LogP contribution in [-0.2, 0) is 28.8 Å². The van der Waals surface area contributed by atoms with Crippen molar-refractivity contribution < 1.29 is 39.0 Å². The highest BCUT2D eigenvalue weighted by atomic mass is 32.1. The molecule has 182 valence electrons. The Bertz CT molecular complexity index is 717. The Hall–Kier alpha value is -2.87. The molecule has 0 aromatic carbocycles. The Morgan fingerprint density at radius 2 is 1.38 bits per heavy atom. The second-order valence-electron chi connectivity index (χ2n) is 7.54. The molecule has 0 aromatic rings. The fourth-order valence-corrected chi connectivity index (χ4v) is 2.82. The predicted molar refractivity (Wildman–Crippen MR) is 115 cm³/mol. The molecule has 4 amide bonds. The Morgan fingerprint density at radius 1 is 0.875 bits per heavy atom. The van der Waals surface area contributed by atoms with Crippen LogP contribution in [0.15, 0.2) is 0 Å². The van der Waals surface area contributed by atoms with Crippen LogP contribution in [0.25, 0.3) is 0 Å². The van der Waals surface area contributed by atoms with E-state index in [2.05, 4.69) is 28.6 Å². The number of hydrogen-bond acceptors (Lipinski definition) is 8. The molecule has 0 radical (unpaired) electrons. The molecule has 13 nitrogen and oxygen atoms in total. The van der Waals surface area contributed by atoms with E-state index in [1.165, 1.54) is 0 Å². The number of carboxylic acid groups (broad SMARTS) is 2. The van der Waals surface area contributed by atoms with E-state index in [4.69, 9.17) is 16.6 Å². The van der Waals surface area contributed by atoms with Crippen LogP contribution in [-0.4, -0.2) is 75.7 Å². The molecule has 0 aliphatic rings. The van der Waals surface area contributed by atoms with Gasteiger partial charge in [-0.25, -0.2) is 4.79 Å². The molecule has 32 heavy (non-hydrogen) atoms. The van der Waals surface area contributed by atoms with Gasteiger partial charge in [0.15, 0.2) is 0 Å². The van der Waals surface area contributed by atoms with Crippen LogP contribution >= 0.6 is 12.6 Å². The molecule has 0 bridgehead atoms. The molecule has 4 unspecified atom stereocenters. The van der Waals surface area contributed by atoms with Gasteiger partial charge in [0.2, 0.25) is 23.6 Å². The zero-order chi connectivity index (χ0) is 25.0. The van der Waals surface area contributed by atoms with E-state index in [0.717, 1.165) is 0 Å². The maximum Gasteiger partial charge on any atom is 0.326 e. The van der Waals surface area contributed by atoms with Gasteiger partial charge in [-0.2, -0.15) is 12.6 Å². The first kappa shape index (κ1) is 29.1. The van der Waals surface area contributed by atoms with Gasteiger partial charge in [-0.05, 0) is 18.8 Å². The summed E-state index contributed by atoms with van der Waals surface area (Å²) < 4.78 is 0. The number of thiol groups is 1. The van der Waals surface area contributed by atoms with Crippen molar-refractivity contribution in [2.24, 2.45) is 17.4 Å². The van der Waals surface area contributed by atoms with Crippen molar-refractivity contribution in [3.63, 3.8) is 0 Å². The maximum absolute atomic E-state index is 12.5. The van der Waals surface area contributed by atoms with Crippen molar-refractivity contribution in [2.75, 3.05) is 5.75 Å². The lowest BCUT2D eigenvalue weighted by Crippen LogP contribution is -2.58. The molecule has 0 fully saturated rings. The van der Waals surface area contributed by atoms with Crippen molar-refractivity contribution in [3.8, 4) is 0 Å². The Morgan fingerprint density at radius 3 is 1.81 bits per heavy atom. The second kappa shape index (κ2) is 14.2. The highest BCUT2D eigenvalue weighted by Gasteiger charge is 2.31. The molecular formula is C18H31N5O8S. The lowest BCUT2D eigenvalue weighted by molar-refractivity contribution is -0.143. The van der Waals surface area contributed by atoms with E-state index in [1.807, 2.05) is 13.8 Å². The molecule has 0 spiro atoms. The van der Waals surface area contributed by atoms with Crippen LogP contribution in [0, 0.1) is 5.92 Å². The molecule has 0 heterocycles. The number of carbonyl (C=O) groups excluding carboxylic acids is 4. The molecule has 14 heteroatoms. The number of amides is 4. The fourth-order valence-electron chi connectivity index (χ4n) is 2.56. The highest BCUT2D eigenvalue weighted by molar-refractivity contribution is 7.80. The van der Waals surface area contributed by atoms with Gasteiger partial charge < -0.3 is 37.6 Å². The summed E-state index contributed by atoms with van der Waals surface area (Å²) in [5.41, 5.74) is 10.7. The first-order valence-electron chi connectivity index (χ1n) is 9.78. The summed E-state index contributed by atoms with van der Waals surface area (Å²) in [4.78, 5) is 70.4.